The zero-order chi connectivity index (χ0) is 7.61. The van der Waals surface area contributed by atoms with Crippen molar-refractivity contribution in [2.45, 2.75) is 11.2 Å². The van der Waals surface area contributed by atoms with E-state index in [1.165, 1.54) is 0 Å². The van der Waals surface area contributed by atoms with E-state index in [1.54, 1.807) is 6.21 Å². The molecule has 0 spiro atoms. The standard InChI is InChI=1S/C7H7BrN2/c1-6-2-3-10-5-7(6,8)4-9/h2-3H,5H2,1H3. The number of alkyl halides is 1. The van der Waals surface area contributed by atoms with E-state index in [-0.39, 0.29) is 0 Å². The molecule has 0 bridgehead atoms. The number of aliphatic imine (C=N–C) groups is 1. The van der Waals surface area contributed by atoms with Crippen LogP contribution >= 0.6 is 15.9 Å². The molecule has 52 valence electrons. The molecule has 1 unspecified atom stereocenters. The third kappa shape index (κ3) is 1.12. The molecule has 1 aliphatic heterocycles. The van der Waals surface area contributed by atoms with Crippen molar-refractivity contribution in [1.29, 1.82) is 5.26 Å². The summed E-state index contributed by atoms with van der Waals surface area (Å²) in [5, 5.41) is 8.71. The van der Waals surface area contributed by atoms with Gasteiger partial charge in [0.05, 0.1) is 12.6 Å². The summed E-state index contributed by atoms with van der Waals surface area (Å²) in [6, 6.07) is 2.16. The van der Waals surface area contributed by atoms with Crippen molar-refractivity contribution in [3.8, 4) is 6.07 Å². The van der Waals surface area contributed by atoms with Gasteiger partial charge in [-0.05, 0) is 18.6 Å². The smallest absolute Gasteiger partial charge is 0.152 e. The molecular weight excluding hydrogens is 192 g/mol. The number of dihydropyridines is 1. The van der Waals surface area contributed by atoms with Gasteiger partial charge >= 0.3 is 0 Å². The highest BCUT2D eigenvalue weighted by Gasteiger charge is 2.29. The van der Waals surface area contributed by atoms with Gasteiger partial charge in [-0.1, -0.05) is 15.9 Å². The molecule has 1 atom stereocenters. The predicted octanol–water partition coefficient (Wildman–Crippen LogP) is 1.67. The average molecular weight is 199 g/mol. The molecule has 10 heavy (non-hydrogen) atoms. The third-order valence-corrected chi connectivity index (χ3v) is 2.59. The molecule has 0 radical (unpaired) electrons. The second kappa shape index (κ2) is 2.55. The number of hydrogen-bond donors (Lipinski definition) is 0. The molecule has 0 amide bonds. The van der Waals surface area contributed by atoms with E-state index in [0.29, 0.717) is 6.54 Å². The van der Waals surface area contributed by atoms with Gasteiger partial charge < -0.3 is 0 Å². The van der Waals surface area contributed by atoms with E-state index in [4.69, 9.17) is 5.26 Å². The molecule has 1 rings (SSSR count). The van der Waals surface area contributed by atoms with Gasteiger partial charge in [-0.25, -0.2) is 0 Å². The first-order valence-corrected chi connectivity index (χ1v) is 3.76. The lowest BCUT2D eigenvalue weighted by atomic mass is 10.0. The minimum absolute atomic E-state index is 0.520. The first-order chi connectivity index (χ1) is 4.69. The maximum atomic E-state index is 8.71. The van der Waals surface area contributed by atoms with E-state index < -0.39 is 4.32 Å². The molecule has 3 heteroatoms. The van der Waals surface area contributed by atoms with Crippen molar-refractivity contribution in [3.63, 3.8) is 0 Å². The van der Waals surface area contributed by atoms with Gasteiger partial charge in [0.25, 0.3) is 0 Å². The summed E-state index contributed by atoms with van der Waals surface area (Å²) in [7, 11) is 0. The van der Waals surface area contributed by atoms with Crippen molar-refractivity contribution in [2.75, 3.05) is 6.54 Å². The summed E-state index contributed by atoms with van der Waals surface area (Å²) in [6.45, 7) is 2.44. The molecule has 0 saturated carbocycles. The first kappa shape index (κ1) is 7.49. The summed E-state index contributed by atoms with van der Waals surface area (Å²) in [5.74, 6) is 0. The van der Waals surface area contributed by atoms with Crippen LogP contribution in [-0.4, -0.2) is 17.1 Å². The zero-order valence-corrected chi connectivity index (χ0v) is 7.22. The van der Waals surface area contributed by atoms with Crippen LogP contribution in [0.4, 0.5) is 0 Å². The lowest BCUT2D eigenvalue weighted by Crippen LogP contribution is -2.26. The summed E-state index contributed by atoms with van der Waals surface area (Å²) in [5.41, 5.74) is 1.02. The Bertz CT molecular complexity index is 236. The highest BCUT2D eigenvalue weighted by molar-refractivity contribution is 9.10. The second-order valence-electron chi connectivity index (χ2n) is 2.25. The summed E-state index contributed by atoms with van der Waals surface area (Å²) in [6.07, 6.45) is 3.58. The molecule has 0 aromatic rings. The van der Waals surface area contributed by atoms with E-state index in [1.807, 2.05) is 13.0 Å². The third-order valence-electron chi connectivity index (χ3n) is 1.54. The monoisotopic (exact) mass is 198 g/mol. The van der Waals surface area contributed by atoms with Crippen molar-refractivity contribution >= 4 is 22.1 Å². The van der Waals surface area contributed by atoms with Crippen molar-refractivity contribution in [1.82, 2.24) is 0 Å². The Morgan fingerprint density at radius 2 is 2.60 bits per heavy atom. The SMILES string of the molecule is CC1=CC=NCC1(Br)C#N. The van der Waals surface area contributed by atoms with Gasteiger partial charge in [0.15, 0.2) is 4.32 Å². The molecule has 0 N–H and O–H groups in total. The Balaban J connectivity index is 2.95. The lowest BCUT2D eigenvalue weighted by Gasteiger charge is -2.19. The number of nitriles is 1. The maximum Gasteiger partial charge on any atom is 0.152 e. The Hall–Kier alpha value is -0.620. The summed E-state index contributed by atoms with van der Waals surface area (Å²) in [4.78, 5) is 3.98. The van der Waals surface area contributed by atoms with E-state index >= 15 is 0 Å². The molecule has 1 heterocycles. The molecule has 0 aromatic heterocycles. The molecule has 0 fully saturated rings. The number of allylic oxidation sites excluding steroid dienone is 1. The van der Waals surface area contributed by atoms with Gasteiger partial charge in [-0.2, -0.15) is 5.26 Å². The van der Waals surface area contributed by atoms with E-state index in [9.17, 15) is 0 Å². The van der Waals surface area contributed by atoms with Crippen molar-refractivity contribution < 1.29 is 0 Å². The minimum atomic E-state index is -0.540. The number of hydrogen-bond acceptors (Lipinski definition) is 2. The molecule has 2 nitrogen and oxygen atoms in total. The van der Waals surface area contributed by atoms with Crippen LogP contribution in [0.15, 0.2) is 16.6 Å². The first-order valence-electron chi connectivity index (χ1n) is 2.96. The van der Waals surface area contributed by atoms with Gasteiger partial charge in [0, 0.05) is 6.21 Å². The van der Waals surface area contributed by atoms with Crippen LogP contribution in [0.3, 0.4) is 0 Å². The Morgan fingerprint density at radius 3 is 3.00 bits per heavy atom. The van der Waals surface area contributed by atoms with Gasteiger partial charge in [-0.15, -0.1) is 0 Å². The van der Waals surface area contributed by atoms with Crippen molar-refractivity contribution in [2.24, 2.45) is 4.99 Å². The van der Waals surface area contributed by atoms with Crippen LogP contribution in [0.25, 0.3) is 0 Å². The molecule has 0 saturated heterocycles. The molecule has 0 aliphatic carbocycles. The fourth-order valence-corrected chi connectivity index (χ4v) is 1.00. The Morgan fingerprint density at radius 1 is 1.90 bits per heavy atom. The lowest BCUT2D eigenvalue weighted by molar-refractivity contribution is 0.845. The molecular formula is C7H7BrN2. The quantitative estimate of drug-likeness (QED) is 0.546. The van der Waals surface area contributed by atoms with Crippen LogP contribution in [0.5, 0.6) is 0 Å². The fraction of sp³-hybridized carbons (Fsp3) is 0.429. The van der Waals surface area contributed by atoms with E-state index in [2.05, 4.69) is 27.0 Å². The Labute approximate surface area is 68.4 Å². The predicted molar refractivity (Wildman–Crippen MR) is 44.4 cm³/mol. The summed E-state index contributed by atoms with van der Waals surface area (Å²) >= 11 is 3.32. The molecule has 0 aromatic carbocycles. The highest BCUT2D eigenvalue weighted by Crippen LogP contribution is 2.28. The number of rotatable bonds is 0. The van der Waals surface area contributed by atoms with Gasteiger partial charge in [0.2, 0.25) is 0 Å². The average Bonchev–Trinajstić information content (AvgIpc) is 1.96. The van der Waals surface area contributed by atoms with Crippen molar-refractivity contribution in [3.05, 3.63) is 11.6 Å². The second-order valence-corrected chi connectivity index (χ2v) is 3.61. The van der Waals surface area contributed by atoms with Crippen LogP contribution in [0, 0.1) is 11.3 Å². The van der Waals surface area contributed by atoms with Crippen LogP contribution in [-0.2, 0) is 0 Å². The minimum Gasteiger partial charge on any atom is -0.290 e. The summed E-state index contributed by atoms with van der Waals surface area (Å²) < 4.78 is -0.540. The van der Waals surface area contributed by atoms with Crippen LogP contribution < -0.4 is 0 Å². The largest absolute Gasteiger partial charge is 0.290 e. The van der Waals surface area contributed by atoms with Crippen LogP contribution in [0.2, 0.25) is 0 Å². The number of halogens is 1. The Kier molecular flexibility index (Phi) is 1.91. The fourth-order valence-electron chi connectivity index (χ4n) is 0.723. The topological polar surface area (TPSA) is 36.1 Å². The maximum absolute atomic E-state index is 8.71. The molecule has 1 aliphatic rings. The van der Waals surface area contributed by atoms with Gasteiger partial charge in [0.1, 0.15) is 0 Å². The number of nitrogens with zero attached hydrogens (tertiary/aromatic N) is 2. The van der Waals surface area contributed by atoms with E-state index in [0.717, 1.165) is 5.57 Å². The van der Waals surface area contributed by atoms with Gasteiger partial charge in [-0.3, -0.25) is 4.99 Å². The normalized spacial score (nSPS) is 31.1. The zero-order valence-electron chi connectivity index (χ0n) is 5.63. The highest BCUT2D eigenvalue weighted by atomic mass is 79.9. The van der Waals surface area contributed by atoms with Crippen LogP contribution in [0.1, 0.15) is 6.92 Å².